The lowest BCUT2D eigenvalue weighted by atomic mass is 9.88. The summed E-state index contributed by atoms with van der Waals surface area (Å²) < 4.78 is 70.6. The first-order valence-electron chi connectivity index (χ1n) is 14.4. The van der Waals surface area contributed by atoms with Crippen molar-refractivity contribution in [3.05, 3.63) is 36.0 Å². The Morgan fingerprint density at radius 3 is 2.73 bits per heavy atom. The van der Waals surface area contributed by atoms with E-state index in [1.807, 2.05) is 11.9 Å². The fraction of sp³-hybridized carbons (Fsp3) is 0.571. The number of amides is 1. The molecule has 1 amide bonds. The predicted octanol–water partition coefficient (Wildman–Crippen LogP) is -0.181. The van der Waals surface area contributed by atoms with Gasteiger partial charge < -0.3 is 35.3 Å². The van der Waals surface area contributed by atoms with E-state index in [4.69, 9.17) is 19.9 Å². The first kappa shape index (κ1) is 32.4. The second kappa shape index (κ2) is 12.8. The van der Waals surface area contributed by atoms with Gasteiger partial charge in [-0.3, -0.25) is 4.79 Å². The SMILES string of the molecule is Cc1c(S(=O)(=O)N2CCC3(CC2)C[C@@H](NC[C@H](O)COc2cccc(S(=O)(=O)CC(N)=O)c2)CO3)cnc2c1N(C)CCO2. The van der Waals surface area contributed by atoms with Gasteiger partial charge in [0, 0.05) is 32.7 Å². The number of nitrogens with zero attached hydrogens (tertiary/aromatic N) is 3. The van der Waals surface area contributed by atoms with Crippen LogP contribution < -0.4 is 25.4 Å². The average molecular weight is 654 g/mol. The third kappa shape index (κ3) is 6.94. The van der Waals surface area contributed by atoms with Crippen molar-refractivity contribution in [2.24, 2.45) is 5.73 Å². The van der Waals surface area contributed by atoms with Crippen molar-refractivity contribution in [3.63, 3.8) is 0 Å². The van der Waals surface area contributed by atoms with Crippen LogP contribution in [0.2, 0.25) is 0 Å². The van der Waals surface area contributed by atoms with Crippen LogP contribution >= 0.6 is 0 Å². The van der Waals surface area contributed by atoms with Crippen LogP contribution in [0.4, 0.5) is 5.69 Å². The third-order valence-corrected chi connectivity index (χ3v) is 12.0. The summed E-state index contributed by atoms with van der Waals surface area (Å²) in [6.07, 6.45) is 2.27. The molecule has 1 spiro atoms. The second-order valence-corrected chi connectivity index (χ2v) is 15.4. The molecule has 5 rings (SSSR count). The van der Waals surface area contributed by atoms with Crippen LogP contribution in [0.1, 0.15) is 24.8 Å². The monoisotopic (exact) mass is 653 g/mol. The quantitative estimate of drug-likeness (QED) is 0.290. The van der Waals surface area contributed by atoms with Crippen LogP contribution in [0.5, 0.6) is 11.6 Å². The number of nitrogens with one attached hydrogen (secondary N) is 1. The van der Waals surface area contributed by atoms with Gasteiger partial charge in [-0.25, -0.2) is 21.8 Å². The number of nitrogens with two attached hydrogens (primary N) is 1. The molecule has 2 fully saturated rings. The second-order valence-electron chi connectivity index (χ2n) is 11.5. The number of anilines is 1. The van der Waals surface area contributed by atoms with Gasteiger partial charge in [0.1, 0.15) is 41.4 Å². The maximum absolute atomic E-state index is 13.6. The van der Waals surface area contributed by atoms with E-state index >= 15 is 0 Å². The number of pyridine rings is 1. The Kier molecular flexibility index (Phi) is 9.39. The first-order valence-corrected chi connectivity index (χ1v) is 17.5. The topological polar surface area (TPSA) is 191 Å². The normalized spacial score (nSPS) is 21.1. The Morgan fingerprint density at radius 2 is 2.00 bits per heavy atom. The lowest BCUT2D eigenvalue weighted by Gasteiger charge is -2.38. The minimum absolute atomic E-state index is 0.0299. The molecular formula is C28H39N5O9S2. The van der Waals surface area contributed by atoms with E-state index in [1.54, 1.807) is 13.0 Å². The lowest BCUT2D eigenvalue weighted by molar-refractivity contribution is -0.115. The van der Waals surface area contributed by atoms with Crippen LogP contribution in [0.25, 0.3) is 0 Å². The van der Waals surface area contributed by atoms with Crippen molar-refractivity contribution in [2.75, 3.05) is 63.7 Å². The summed E-state index contributed by atoms with van der Waals surface area (Å²) >= 11 is 0. The zero-order valence-electron chi connectivity index (χ0n) is 24.8. The van der Waals surface area contributed by atoms with Crippen molar-refractivity contribution in [2.45, 2.75) is 53.7 Å². The van der Waals surface area contributed by atoms with Gasteiger partial charge in [-0.15, -0.1) is 0 Å². The first-order chi connectivity index (χ1) is 20.8. The highest BCUT2D eigenvalue weighted by Gasteiger charge is 2.45. The summed E-state index contributed by atoms with van der Waals surface area (Å²) in [5, 5.41) is 13.8. The van der Waals surface area contributed by atoms with E-state index in [-0.39, 0.29) is 34.7 Å². The molecule has 4 N–H and O–H groups in total. The Hall–Kier alpha value is -3.02. The number of primary amides is 1. The van der Waals surface area contributed by atoms with E-state index in [9.17, 15) is 26.7 Å². The number of sulfonamides is 1. The summed E-state index contributed by atoms with van der Waals surface area (Å²) in [7, 11) is -5.74. The number of aliphatic hydroxyl groups is 1. The van der Waals surface area contributed by atoms with E-state index in [0.717, 1.165) is 0 Å². The number of likely N-dealkylation sites (N-methyl/N-ethyl adjacent to an activating group) is 1. The van der Waals surface area contributed by atoms with Gasteiger partial charge in [-0.1, -0.05) is 6.07 Å². The Labute approximate surface area is 257 Å². The van der Waals surface area contributed by atoms with E-state index in [0.29, 0.717) is 69.2 Å². The zero-order chi connectivity index (χ0) is 31.7. The molecule has 16 heteroatoms. The number of aromatic nitrogens is 1. The minimum atomic E-state index is -3.88. The van der Waals surface area contributed by atoms with Gasteiger partial charge in [-0.05, 0) is 49.9 Å². The number of sulfone groups is 1. The molecule has 2 aromatic rings. The van der Waals surface area contributed by atoms with Crippen molar-refractivity contribution >= 4 is 31.5 Å². The molecule has 0 radical (unpaired) electrons. The van der Waals surface area contributed by atoms with E-state index in [1.165, 1.54) is 28.7 Å². The average Bonchev–Trinajstić information content (AvgIpc) is 3.36. The summed E-state index contributed by atoms with van der Waals surface area (Å²) in [4.78, 5) is 17.4. The van der Waals surface area contributed by atoms with Crippen LogP contribution in [0.15, 0.2) is 40.3 Å². The smallest absolute Gasteiger partial charge is 0.244 e. The zero-order valence-corrected chi connectivity index (χ0v) is 26.4. The van der Waals surface area contributed by atoms with E-state index < -0.39 is 43.2 Å². The maximum atomic E-state index is 13.6. The molecule has 242 valence electrons. The summed E-state index contributed by atoms with van der Waals surface area (Å²) in [6, 6.07) is 5.64. The van der Waals surface area contributed by atoms with Crippen molar-refractivity contribution in [3.8, 4) is 11.6 Å². The van der Waals surface area contributed by atoms with Gasteiger partial charge in [0.15, 0.2) is 9.84 Å². The number of benzene rings is 1. The molecule has 0 unspecified atom stereocenters. The molecule has 44 heavy (non-hydrogen) atoms. The molecular weight excluding hydrogens is 614 g/mol. The highest BCUT2D eigenvalue weighted by atomic mass is 32.2. The van der Waals surface area contributed by atoms with Gasteiger partial charge in [0.05, 0.1) is 29.8 Å². The summed E-state index contributed by atoms with van der Waals surface area (Å²) in [5.74, 6) is -1.07. The number of piperidine rings is 1. The van der Waals surface area contributed by atoms with Crippen LogP contribution in [-0.2, 0) is 29.4 Å². The van der Waals surface area contributed by atoms with Gasteiger partial charge in [0.2, 0.25) is 21.8 Å². The number of rotatable bonds is 11. The van der Waals surface area contributed by atoms with Crippen molar-refractivity contribution < 1.29 is 40.9 Å². The number of carbonyl (C=O) groups excluding carboxylic acids is 1. The van der Waals surface area contributed by atoms with Crippen LogP contribution in [-0.4, -0.2) is 114 Å². The van der Waals surface area contributed by atoms with Gasteiger partial charge >= 0.3 is 0 Å². The molecule has 2 saturated heterocycles. The maximum Gasteiger partial charge on any atom is 0.244 e. The number of ether oxygens (including phenoxy) is 3. The molecule has 3 aliphatic heterocycles. The summed E-state index contributed by atoms with van der Waals surface area (Å²) in [6.45, 7) is 4.15. The molecule has 4 heterocycles. The van der Waals surface area contributed by atoms with E-state index in [2.05, 4.69) is 10.3 Å². The number of aliphatic hydroxyl groups excluding tert-OH is 1. The number of hydrogen-bond acceptors (Lipinski definition) is 12. The third-order valence-electron chi connectivity index (χ3n) is 8.32. The fourth-order valence-electron chi connectivity index (χ4n) is 5.94. The fourth-order valence-corrected chi connectivity index (χ4v) is 8.67. The minimum Gasteiger partial charge on any atom is -0.491 e. The number of fused-ring (bicyclic) bond motifs is 1. The molecule has 1 aromatic heterocycles. The largest absolute Gasteiger partial charge is 0.491 e. The Balaban J connectivity index is 1.10. The highest BCUT2D eigenvalue weighted by Crippen LogP contribution is 2.40. The Bertz CT molecular complexity index is 1590. The van der Waals surface area contributed by atoms with Crippen molar-refractivity contribution in [1.29, 1.82) is 0 Å². The number of hydrogen-bond donors (Lipinski definition) is 3. The molecule has 1 aromatic carbocycles. The lowest BCUT2D eigenvalue weighted by Crippen LogP contribution is -2.47. The summed E-state index contributed by atoms with van der Waals surface area (Å²) in [5.41, 5.74) is 5.91. The van der Waals surface area contributed by atoms with Crippen LogP contribution in [0.3, 0.4) is 0 Å². The molecule has 0 aliphatic carbocycles. The van der Waals surface area contributed by atoms with Gasteiger partial charge in [0.25, 0.3) is 0 Å². The standard InChI is InChI=1S/C28H39N5O9S2/c1-19-24(15-31-27-26(19)32(2)10-11-40-27)44(38,39)33-8-6-28(7-9-33)13-20(16-42-28)30-14-21(34)17-41-22-4-3-5-23(12-22)43(36,37)18-25(29)35/h3-5,12,15,20-21,30,34H,6-11,13-14,16-18H2,1-2H3,(H2,29,35)/t20-,21+/m1/s1. The number of carbonyl (C=O) groups is 1. The molecule has 0 bridgehead atoms. The Morgan fingerprint density at radius 1 is 1.25 bits per heavy atom. The van der Waals surface area contributed by atoms with Crippen molar-refractivity contribution in [1.82, 2.24) is 14.6 Å². The molecule has 0 saturated carbocycles. The molecule has 2 atom stereocenters. The van der Waals surface area contributed by atoms with Gasteiger partial charge in [-0.2, -0.15) is 4.31 Å². The molecule has 3 aliphatic rings. The van der Waals surface area contributed by atoms with Crippen LogP contribution in [0, 0.1) is 6.92 Å². The molecule has 14 nitrogen and oxygen atoms in total. The predicted molar refractivity (Wildman–Crippen MR) is 160 cm³/mol. The highest BCUT2D eigenvalue weighted by molar-refractivity contribution is 7.92.